The number of para-hydroxylation sites is 1. The molecule has 0 bridgehead atoms. The number of methoxy groups -OCH3 is 2. The average molecular weight is 395 g/mol. The van der Waals surface area contributed by atoms with Crippen LogP contribution in [0.2, 0.25) is 5.02 Å². The third kappa shape index (κ3) is 2.91. The molecule has 4 rings (SSSR count). The number of nitrogens with zero attached hydrogens (tertiary/aromatic N) is 2. The van der Waals surface area contributed by atoms with Crippen LogP contribution in [0.3, 0.4) is 0 Å². The summed E-state index contributed by atoms with van der Waals surface area (Å²) in [6, 6.07) is 15.7. The summed E-state index contributed by atoms with van der Waals surface area (Å²) in [4.78, 5) is 5.78. The molecule has 1 aromatic heterocycles. The molecule has 0 atom stereocenters. The summed E-state index contributed by atoms with van der Waals surface area (Å²) < 4.78 is 11.0. The highest BCUT2D eigenvalue weighted by atomic mass is 35.5. The number of hydrogen-bond acceptors (Lipinski definition) is 5. The normalized spacial score (nSPS) is 11.9. The number of fused-ring (bicyclic) bond motifs is 3. The van der Waals surface area contributed by atoms with Crippen molar-refractivity contribution >= 4 is 23.4 Å². The second-order valence-electron chi connectivity index (χ2n) is 5.94. The van der Waals surface area contributed by atoms with Crippen LogP contribution >= 0.6 is 23.4 Å². The van der Waals surface area contributed by atoms with E-state index >= 15 is 0 Å². The van der Waals surface area contributed by atoms with E-state index in [9.17, 15) is 5.26 Å². The molecule has 1 aliphatic heterocycles. The molecule has 4 nitrogen and oxygen atoms in total. The van der Waals surface area contributed by atoms with E-state index in [0.29, 0.717) is 28.0 Å². The van der Waals surface area contributed by atoms with Crippen molar-refractivity contribution in [3.05, 3.63) is 58.6 Å². The summed E-state index contributed by atoms with van der Waals surface area (Å²) in [7, 11) is 3.15. The molecule has 0 aliphatic carbocycles. The molecule has 0 saturated heterocycles. The molecule has 2 heterocycles. The van der Waals surface area contributed by atoms with Gasteiger partial charge in [0.15, 0.2) is 0 Å². The van der Waals surface area contributed by atoms with Crippen molar-refractivity contribution in [1.29, 1.82) is 5.26 Å². The molecule has 0 amide bonds. The average Bonchev–Trinajstić information content (AvgIpc) is 2.71. The van der Waals surface area contributed by atoms with Crippen LogP contribution in [0.15, 0.2) is 47.4 Å². The van der Waals surface area contributed by atoms with Gasteiger partial charge in [0.05, 0.1) is 19.9 Å². The van der Waals surface area contributed by atoms with Gasteiger partial charge in [-0.1, -0.05) is 29.8 Å². The Hall–Kier alpha value is -2.68. The van der Waals surface area contributed by atoms with Crippen molar-refractivity contribution < 1.29 is 9.47 Å². The fourth-order valence-corrected chi connectivity index (χ4v) is 4.56. The molecule has 6 heteroatoms. The summed E-state index contributed by atoms with van der Waals surface area (Å²) in [6.07, 6.45) is 0. The van der Waals surface area contributed by atoms with Crippen LogP contribution in [0.25, 0.3) is 22.4 Å². The lowest BCUT2D eigenvalue weighted by Gasteiger charge is -2.24. The van der Waals surface area contributed by atoms with Gasteiger partial charge in [0.1, 0.15) is 17.4 Å². The van der Waals surface area contributed by atoms with Gasteiger partial charge in [0.25, 0.3) is 0 Å². The highest BCUT2D eigenvalue weighted by Gasteiger charge is 2.28. The maximum atomic E-state index is 9.86. The Labute approximate surface area is 166 Å². The van der Waals surface area contributed by atoms with Gasteiger partial charge in [-0.15, -0.1) is 11.8 Å². The standard InChI is InChI=1S/C21H15ClN2O2S/c1-25-17-6-4-3-5-13(17)19-15(10-23)21(26-2)24-20-14-9-12(22)7-8-18(14)27-11-16(19)20/h3-9H,11H2,1-2H3. The minimum Gasteiger partial charge on any atom is -0.496 e. The molecular weight excluding hydrogens is 380 g/mol. The maximum absolute atomic E-state index is 9.86. The van der Waals surface area contributed by atoms with Crippen molar-refractivity contribution in [2.45, 2.75) is 10.6 Å². The van der Waals surface area contributed by atoms with E-state index in [1.165, 1.54) is 7.11 Å². The van der Waals surface area contributed by atoms with Crippen LogP contribution in [0.5, 0.6) is 11.6 Å². The topological polar surface area (TPSA) is 55.1 Å². The van der Waals surface area contributed by atoms with E-state index in [-0.39, 0.29) is 0 Å². The second kappa shape index (κ2) is 7.15. The summed E-state index contributed by atoms with van der Waals surface area (Å²) in [5, 5.41) is 10.5. The van der Waals surface area contributed by atoms with Crippen LogP contribution in [0, 0.1) is 11.3 Å². The molecule has 0 saturated carbocycles. The van der Waals surface area contributed by atoms with Crippen molar-refractivity contribution in [3.8, 4) is 40.1 Å². The van der Waals surface area contributed by atoms with Crippen molar-refractivity contribution in [3.63, 3.8) is 0 Å². The van der Waals surface area contributed by atoms with Gasteiger partial charge < -0.3 is 9.47 Å². The first-order valence-corrected chi connectivity index (χ1v) is 9.61. The van der Waals surface area contributed by atoms with Crippen LogP contribution < -0.4 is 9.47 Å². The van der Waals surface area contributed by atoms with Gasteiger partial charge in [-0.05, 0) is 29.8 Å². The third-order valence-corrected chi connectivity index (χ3v) is 5.85. The number of pyridine rings is 1. The Morgan fingerprint density at radius 1 is 1.11 bits per heavy atom. The van der Waals surface area contributed by atoms with Crippen molar-refractivity contribution in [2.24, 2.45) is 0 Å². The number of nitriles is 1. The molecule has 0 radical (unpaired) electrons. The number of ether oxygens (including phenoxy) is 2. The summed E-state index contributed by atoms with van der Waals surface area (Å²) in [5.74, 6) is 1.70. The van der Waals surface area contributed by atoms with Crippen molar-refractivity contribution in [1.82, 2.24) is 4.98 Å². The zero-order valence-corrected chi connectivity index (χ0v) is 16.3. The smallest absolute Gasteiger partial charge is 0.232 e. The largest absolute Gasteiger partial charge is 0.496 e. The highest BCUT2D eigenvalue weighted by molar-refractivity contribution is 7.98. The predicted molar refractivity (Wildman–Crippen MR) is 107 cm³/mol. The van der Waals surface area contributed by atoms with E-state index < -0.39 is 0 Å². The van der Waals surface area contributed by atoms with Gasteiger partial charge in [0.2, 0.25) is 5.88 Å². The number of aromatic nitrogens is 1. The van der Waals surface area contributed by atoms with E-state index in [2.05, 4.69) is 11.1 Å². The third-order valence-electron chi connectivity index (χ3n) is 4.52. The lowest BCUT2D eigenvalue weighted by molar-refractivity contribution is 0.397. The summed E-state index contributed by atoms with van der Waals surface area (Å²) in [6.45, 7) is 0. The quantitative estimate of drug-likeness (QED) is 0.581. The Bertz CT molecular complexity index is 1090. The fourth-order valence-electron chi connectivity index (χ4n) is 3.33. The molecule has 0 unspecified atom stereocenters. The lowest BCUT2D eigenvalue weighted by Crippen LogP contribution is -2.07. The van der Waals surface area contributed by atoms with Crippen LogP contribution in [-0.2, 0) is 5.75 Å². The molecule has 0 N–H and O–H groups in total. The Morgan fingerprint density at radius 2 is 1.93 bits per heavy atom. The van der Waals surface area contributed by atoms with Crippen LogP contribution in [0.1, 0.15) is 11.1 Å². The number of rotatable bonds is 3. The lowest BCUT2D eigenvalue weighted by atomic mass is 9.92. The zero-order valence-electron chi connectivity index (χ0n) is 14.7. The molecule has 1 aliphatic rings. The van der Waals surface area contributed by atoms with E-state index in [1.807, 2.05) is 42.5 Å². The Morgan fingerprint density at radius 3 is 2.67 bits per heavy atom. The molecule has 27 heavy (non-hydrogen) atoms. The number of thioether (sulfide) groups is 1. The van der Waals surface area contributed by atoms with E-state index in [1.54, 1.807) is 18.9 Å². The number of halogens is 1. The monoisotopic (exact) mass is 394 g/mol. The highest BCUT2D eigenvalue weighted by Crippen LogP contribution is 2.48. The molecule has 3 aromatic rings. The number of benzene rings is 2. The SMILES string of the molecule is COc1ccccc1-c1c(C#N)c(OC)nc2c1CSc1ccc(Cl)cc1-2. The molecule has 0 fully saturated rings. The number of hydrogen-bond donors (Lipinski definition) is 0. The van der Waals surface area contributed by atoms with Crippen LogP contribution in [0.4, 0.5) is 0 Å². The minimum absolute atomic E-state index is 0.301. The predicted octanol–water partition coefficient (Wildman–Crippen LogP) is 5.56. The minimum atomic E-state index is 0.301. The summed E-state index contributed by atoms with van der Waals surface area (Å²) >= 11 is 7.94. The van der Waals surface area contributed by atoms with Gasteiger partial charge >= 0.3 is 0 Å². The van der Waals surface area contributed by atoms with Gasteiger partial charge in [0, 0.05) is 32.4 Å². The Kier molecular flexibility index (Phi) is 4.69. The van der Waals surface area contributed by atoms with Gasteiger partial charge in [-0.2, -0.15) is 5.26 Å². The molecule has 2 aromatic carbocycles. The fraction of sp³-hybridized carbons (Fsp3) is 0.143. The maximum Gasteiger partial charge on any atom is 0.232 e. The molecular formula is C21H15ClN2O2S. The first kappa shape index (κ1) is 17.7. The second-order valence-corrected chi connectivity index (χ2v) is 7.39. The van der Waals surface area contributed by atoms with E-state index in [4.69, 9.17) is 21.1 Å². The Balaban J connectivity index is 2.11. The van der Waals surface area contributed by atoms with Gasteiger partial charge in [-0.3, -0.25) is 0 Å². The first-order valence-electron chi connectivity index (χ1n) is 8.25. The molecule has 134 valence electrons. The van der Waals surface area contributed by atoms with Crippen LogP contribution in [-0.4, -0.2) is 19.2 Å². The summed E-state index contributed by atoms with van der Waals surface area (Å²) in [5.41, 5.74) is 4.79. The van der Waals surface area contributed by atoms with Crippen molar-refractivity contribution in [2.75, 3.05) is 14.2 Å². The molecule has 0 spiro atoms. The van der Waals surface area contributed by atoms with Gasteiger partial charge in [-0.25, -0.2) is 4.98 Å². The zero-order chi connectivity index (χ0) is 19.0. The van der Waals surface area contributed by atoms with E-state index in [0.717, 1.165) is 32.8 Å². The first-order chi connectivity index (χ1) is 13.2.